The van der Waals surface area contributed by atoms with E-state index < -0.39 is 0 Å². The highest BCUT2D eigenvalue weighted by Gasteiger charge is 2.15. The molecule has 2 heterocycles. The third kappa shape index (κ3) is 2.72. The van der Waals surface area contributed by atoms with E-state index in [1.165, 1.54) is 0 Å². The van der Waals surface area contributed by atoms with Gasteiger partial charge in [-0.15, -0.1) is 0 Å². The normalized spacial score (nSPS) is 11.2. The average molecular weight is 263 g/mol. The summed E-state index contributed by atoms with van der Waals surface area (Å²) in [5.74, 6) is 1.28. The summed E-state index contributed by atoms with van der Waals surface area (Å²) >= 11 is 0. The fourth-order valence-electron chi connectivity index (χ4n) is 1.81. The SMILES string of the molecule is CCCn1nc(C)c(N)c1Oc1cnn(C(C)C)c1. The van der Waals surface area contributed by atoms with E-state index in [9.17, 15) is 0 Å². The van der Waals surface area contributed by atoms with Crippen molar-refractivity contribution >= 4 is 5.69 Å². The van der Waals surface area contributed by atoms with Crippen molar-refractivity contribution in [3.63, 3.8) is 0 Å². The fraction of sp³-hybridized carbons (Fsp3) is 0.538. The lowest BCUT2D eigenvalue weighted by molar-refractivity contribution is 0.409. The predicted molar refractivity (Wildman–Crippen MR) is 74.4 cm³/mol. The maximum atomic E-state index is 6.01. The molecule has 0 atom stereocenters. The van der Waals surface area contributed by atoms with Gasteiger partial charge in [0.05, 0.1) is 18.1 Å². The predicted octanol–water partition coefficient (Wildman–Crippen LogP) is 2.75. The lowest BCUT2D eigenvalue weighted by Crippen LogP contribution is -2.02. The van der Waals surface area contributed by atoms with E-state index in [0.29, 0.717) is 23.4 Å². The second kappa shape index (κ2) is 5.34. The molecule has 0 unspecified atom stereocenters. The fourth-order valence-corrected chi connectivity index (χ4v) is 1.81. The lowest BCUT2D eigenvalue weighted by Gasteiger charge is -2.07. The molecule has 2 aromatic rings. The highest BCUT2D eigenvalue weighted by atomic mass is 16.5. The van der Waals surface area contributed by atoms with Crippen LogP contribution in [0.3, 0.4) is 0 Å². The van der Waals surface area contributed by atoms with Gasteiger partial charge >= 0.3 is 0 Å². The minimum Gasteiger partial charge on any atom is -0.434 e. The van der Waals surface area contributed by atoms with Gasteiger partial charge in [0.2, 0.25) is 5.88 Å². The number of rotatable bonds is 5. The first-order valence-corrected chi connectivity index (χ1v) is 6.57. The highest BCUT2D eigenvalue weighted by molar-refractivity contribution is 5.53. The number of anilines is 1. The van der Waals surface area contributed by atoms with Crippen molar-refractivity contribution in [2.75, 3.05) is 5.73 Å². The Labute approximate surface area is 113 Å². The standard InChI is InChI=1S/C13H21N5O/c1-5-6-17-13(12(14)10(4)16-17)19-11-7-15-18(8-11)9(2)3/h7-9H,5-6,14H2,1-4H3. The first-order chi connectivity index (χ1) is 9.02. The van der Waals surface area contributed by atoms with Gasteiger partial charge in [0, 0.05) is 12.6 Å². The van der Waals surface area contributed by atoms with Crippen LogP contribution in [0, 0.1) is 6.92 Å². The van der Waals surface area contributed by atoms with E-state index in [2.05, 4.69) is 31.0 Å². The van der Waals surface area contributed by atoms with Crippen LogP contribution in [0.4, 0.5) is 5.69 Å². The third-order valence-electron chi connectivity index (χ3n) is 2.88. The molecule has 0 radical (unpaired) electrons. The van der Waals surface area contributed by atoms with E-state index >= 15 is 0 Å². The van der Waals surface area contributed by atoms with E-state index in [4.69, 9.17) is 10.5 Å². The Hall–Kier alpha value is -1.98. The molecule has 0 aliphatic rings. The van der Waals surface area contributed by atoms with Crippen molar-refractivity contribution in [3.8, 4) is 11.6 Å². The molecule has 0 aliphatic heterocycles. The van der Waals surface area contributed by atoms with Gasteiger partial charge in [0.25, 0.3) is 0 Å². The van der Waals surface area contributed by atoms with Crippen LogP contribution in [0.1, 0.15) is 38.9 Å². The Kier molecular flexibility index (Phi) is 3.78. The zero-order chi connectivity index (χ0) is 14.0. The second-order valence-electron chi connectivity index (χ2n) is 4.88. The van der Waals surface area contributed by atoms with Gasteiger partial charge in [-0.1, -0.05) is 6.92 Å². The Morgan fingerprint density at radius 1 is 1.42 bits per heavy atom. The summed E-state index contributed by atoms with van der Waals surface area (Å²) in [5, 5.41) is 8.62. The van der Waals surface area contributed by atoms with Crippen molar-refractivity contribution < 1.29 is 4.74 Å². The molecule has 0 amide bonds. The molecule has 0 aromatic carbocycles. The van der Waals surface area contributed by atoms with Crippen LogP contribution in [-0.4, -0.2) is 19.6 Å². The van der Waals surface area contributed by atoms with E-state index in [-0.39, 0.29) is 0 Å². The van der Waals surface area contributed by atoms with Crippen molar-refractivity contribution in [2.24, 2.45) is 0 Å². The van der Waals surface area contributed by atoms with Crippen LogP contribution < -0.4 is 10.5 Å². The number of hydrogen-bond donors (Lipinski definition) is 1. The minimum atomic E-state index is 0.303. The number of nitrogen functional groups attached to an aromatic ring is 1. The van der Waals surface area contributed by atoms with E-state index in [1.807, 2.05) is 17.8 Å². The number of aromatic nitrogens is 4. The summed E-state index contributed by atoms with van der Waals surface area (Å²) in [6, 6.07) is 0.303. The van der Waals surface area contributed by atoms with Crippen molar-refractivity contribution in [1.29, 1.82) is 0 Å². The average Bonchev–Trinajstić information content (AvgIpc) is 2.91. The zero-order valence-corrected chi connectivity index (χ0v) is 11.9. The van der Waals surface area contributed by atoms with Gasteiger partial charge < -0.3 is 10.5 Å². The van der Waals surface area contributed by atoms with Crippen molar-refractivity contribution in [2.45, 2.75) is 46.7 Å². The maximum absolute atomic E-state index is 6.01. The molecule has 2 rings (SSSR count). The van der Waals surface area contributed by atoms with E-state index in [0.717, 1.165) is 18.7 Å². The summed E-state index contributed by atoms with van der Waals surface area (Å²) in [4.78, 5) is 0. The molecule has 6 nitrogen and oxygen atoms in total. The Morgan fingerprint density at radius 3 is 2.74 bits per heavy atom. The molecular weight excluding hydrogens is 242 g/mol. The number of nitrogens with zero attached hydrogens (tertiary/aromatic N) is 4. The molecule has 104 valence electrons. The number of hydrogen-bond acceptors (Lipinski definition) is 4. The van der Waals surface area contributed by atoms with Crippen molar-refractivity contribution in [3.05, 3.63) is 18.1 Å². The van der Waals surface area contributed by atoms with Gasteiger partial charge in [-0.3, -0.25) is 4.68 Å². The largest absolute Gasteiger partial charge is 0.434 e. The Balaban J connectivity index is 2.26. The zero-order valence-electron chi connectivity index (χ0n) is 11.9. The molecular formula is C13H21N5O. The molecule has 0 bridgehead atoms. The molecule has 0 spiro atoms. The summed E-state index contributed by atoms with van der Waals surface area (Å²) in [6.07, 6.45) is 4.53. The lowest BCUT2D eigenvalue weighted by atomic mass is 10.4. The van der Waals surface area contributed by atoms with Crippen LogP contribution in [0.25, 0.3) is 0 Å². The number of ether oxygens (including phenoxy) is 1. The smallest absolute Gasteiger partial charge is 0.241 e. The van der Waals surface area contributed by atoms with Crippen LogP contribution in [-0.2, 0) is 6.54 Å². The molecule has 2 aromatic heterocycles. The van der Waals surface area contributed by atoms with Gasteiger partial charge in [-0.25, -0.2) is 4.68 Å². The second-order valence-corrected chi connectivity index (χ2v) is 4.88. The summed E-state index contributed by atoms with van der Waals surface area (Å²) in [6.45, 7) is 8.89. The Bertz CT molecular complexity index is 555. The monoisotopic (exact) mass is 263 g/mol. The quantitative estimate of drug-likeness (QED) is 0.900. The van der Waals surface area contributed by atoms with Crippen LogP contribution in [0.2, 0.25) is 0 Å². The van der Waals surface area contributed by atoms with Gasteiger partial charge in [-0.05, 0) is 27.2 Å². The first-order valence-electron chi connectivity index (χ1n) is 6.57. The molecule has 0 saturated carbocycles. The van der Waals surface area contributed by atoms with Crippen LogP contribution in [0.15, 0.2) is 12.4 Å². The van der Waals surface area contributed by atoms with Crippen LogP contribution in [0.5, 0.6) is 11.6 Å². The van der Waals surface area contributed by atoms with Gasteiger partial charge in [-0.2, -0.15) is 10.2 Å². The van der Waals surface area contributed by atoms with Gasteiger partial charge in [0.1, 0.15) is 5.69 Å². The number of nitrogens with two attached hydrogens (primary N) is 1. The first kappa shape index (κ1) is 13.5. The molecule has 0 saturated heterocycles. The minimum absolute atomic E-state index is 0.303. The Morgan fingerprint density at radius 2 is 2.16 bits per heavy atom. The molecule has 6 heteroatoms. The number of aryl methyl sites for hydroxylation is 2. The molecule has 0 fully saturated rings. The van der Waals surface area contributed by atoms with Crippen LogP contribution >= 0.6 is 0 Å². The van der Waals surface area contributed by atoms with Gasteiger partial charge in [0.15, 0.2) is 5.75 Å². The third-order valence-corrected chi connectivity index (χ3v) is 2.88. The van der Waals surface area contributed by atoms with E-state index in [1.54, 1.807) is 10.9 Å². The molecule has 19 heavy (non-hydrogen) atoms. The summed E-state index contributed by atoms with van der Waals surface area (Å²) in [7, 11) is 0. The summed E-state index contributed by atoms with van der Waals surface area (Å²) < 4.78 is 9.49. The molecule has 2 N–H and O–H groups in total. The molecule has 0 aliphatic carbocycles. The highest BCUT2D eigenvalue weighted by Crippen LogP contribution is 2.30. The topological polar surface area (TPSA) is 70.9 Å². The maximum Gasteiger partial charge on any atom is 0.241 e. The van der Waals surface area contributed by atoms with Crippen molar-refractivity contribution in [1.82, 2.24) is 19.6 Å². The summed E-state index contributed by atoms with van der Waals surface area (Å²) in [5.41, 5.74) is 7.39.